The fourth-order valence-electron chi connectivity index (χ4n) is 3.12. The highest BCUT2D eigenvalue weighted by Crippen LogP contribution is 2.39. The molecule has 2 aromatic carbocycles. The second-order valence-electron chi connectivity index (χ2n) is 6.04. The first-order valence-corrected chi connectivity index (χ1v) is 8.56. The number of benzene rings is 2. The Bertz CT molecular complexity index is 1160. The van der Waals surface area contributed by atoms with Gasteiger partial charge in [-0.2, -0.15) is 10.2 Å². The molecule has 3 N–H and O–H groups in total. The van der Waals surface area contributed by atoms with E-state index in [4.69, 9.17) is 11.6 Å². The predicted octanol–water partition coefficient (Wildman–Crippen LogP) is 4.76. The molecular weight excluding hydrogens is 367 g/mol. The number of fused-ring (bicyclic) bond motifs is 3. The van der Waals surface area contributed by atoms with Gasteiger partial charge in [0.1, 0.15) is 11.7 Å². The number of amidine groups is 1. The van der Waals surface area contributed by atoms with Gasteiger partial charge < -0.3 is 5.32 Å². The Morgan fingerprint density at radius 3 is 2.74 bits per heavy atom. The summed E-state index contributed by atoms with van der Waals surface area (Å²) in [7, 11) is 0. The zero-order valence-electron chi connectivity index (χ0n) is 13.8. The van der Waals surface area contributed by atoms with Crippen LogP contribution < -0.4 is 5.32 Å². The summed E-state index contributed by atoms with van der Waals surface area (Å²) in [5, 5.41) is 17.4. The zero-order chi connectivity index (χ0) is 18.4. The number of nitrogens with zero attached hydrogens (tertiary/aromatic N) is 3. The monoisotopic (exact) mass is 378 g/mol. The summed E-state index contributed by atoms with van der Waals surface area (Å²) in [5.74, 6) is -0.131. The number of aliphatic imine (C=N–C) groups is 1. The van der Waals surface area contributed by atoms with Gasteiger partial charge in [-0.25, -0.2) is 9.38 Å². The van der Waals surface area contributed by atoms with Crippen molar-refractivity contribution in [2.24, 2.45) is 4.99 Å². The molecule has 1 aliphatic rings. The Morgan fingerprint density at radius 2 is 1.93 bits per heavy atom. The van der Waals surface area contributed by atoms with E-state index >= 15 is 0 Å². The molecule has 1 aliphatic heterocycles. The van der Waals surface area contributed by atoms with Crippen LogP contribution in [0.3, 0.4) is 0 Å². The predicted molar refractivity (Wildman–Crippen MR) is 103 cm³/mol. The summed E-state index contributed by atoms with van der Waals surface area (Å²) in [6.07, 6.45) is 3.32. The third-order valence-electron chi connectivity index (χ3n) is 4.40. The number of aromatic amines is 2. The molecule has 0 spiro atoms. The molecule has 0 fully saturated rings. The Morgan fingerprint density at radius 1 is 1.00 bits per heavy atom. The molecule has 6 nitrogen and oxygen atoms in total. The fourth-order valence-corrected chi connectivity index (χ4v) is 3.38. The molecule has 0 bridgehead atoms. The van der Waals surface area contributed by atoms with E-state index in [0.717, 1.165) is 22.5 Å². The molecule has 0 saturated carbocycles. The van der Waals surface area contributed by atoms with Gasteiger partial charge in [0.2, 0.25) is 0 Å². The third-order valence-corrected chi connectivity index (χ3v) is 4.72. The average molecular weight is 379 g/mol. The van der Waals surface area contributed by atoms with Gasteiger partial charge >= 0.3 is 0 Å². The summed E-state index contributed by atoms with van der Waals surface area (Å²) in [5.41, 5.74) is 4.96. The van der Waals surface area contributed by atoms with Gasteiger partial charge in [0.15, 0.2) is 0 Å². The molecule has 5 rings (SSSR count). The molecule has 3 heterocycles. The van der Waals surface area contributed by atoms with Crippen LogP contribution in [0.4, 0.5) is 15.8 Å². The van der Waals surface area contributed by atoms with E-state index in [2.05, 4.69) is 30.7 Å². The summed E-state index contributed by atoms with van der Waals surface area (Å²) >= 11 is 6.26. The van der Waals surface area contributed by atoms with Crippen molar-refractivity contribution >= 4 is 28.8 Å². The minimum Gasteiger partial charge on any atom is -0.337 e. The van der Waals surface area contributed by atoms with Gasteiger partial charge in [-0.05, 0) is 30.3 Å². The van der Waals surface area contributed by atoms with Crippen molar-refractivity contribution in [2.45, 2.75) is 0 Å². The van der Waals surface area contributed by atoms with Gasteiger partial charge in [0.25, 0.3) is 0 Å². The topological polar surface area (TPSA) is 81.8 Å². The van der Waals surface area contributed by atoms with Crippen LogP contribution in [0.25, 0.3) is 22.5 Å². The molecular formula is C19H12ClFN6. The summed E-state index contributed by atoms with van der Waals surface area (Å²) < 4.78 is 14.5. The van der Waals surface area contributed by atoms with Crippen molar-refractivity contribution in [3.8, 4) is 22.5 Å². The van der Waals surface area contributed by atoms with Crippen LogP contribution in [0.2, 0.25) is 5.02 Å². The number of hydrogen-bond donors (Lipinski definition) is 3. The molecule has 0 amide bonds. The molecule has 0 aliphatic carbocycles. The lowest BCUT2D eigenvalue weighted by Crippen LogP contribution is -2.15. The van der Waals surface area contributed by atoms with Crippen LogP contribution in [0.1, 0.15) is 5.56 Å². The van der Waals surface area contributed by atoms with Crippen molar-refractivity contribution in [3.63, 3.8) is 0 Å². The Hall–Kier alpha value is -3.45. The largest absolute Gasteiger partial charge is 0.337 e. The lowest BCUT2D eigenvalue weighted by atomic mass is 10.0. The average Bonchev–Trinajstić information content (AvgIpc) is 3.31. The van der Waals surface area contributed by atoms with Crippen LogP contribution in [0, 0.1) is 5.82 Å². The smallest absolute Gasteiger partial charge is 0.142 e. The quantitative estimate of drug-likeness (QED) is 0.470. The third kappa shape index (κ3) is 2.60. The molecule has 132 valence electrons. The number of rotatable bonds is 2. The first-order valence-electron chi connectivity index (χ1n) is 8.18. The number of anilines is 1. The number of nitrogens with one attached hydrogen (secondary N) is 3. The van der Waals surface area contributed by atoms with E-state index in [9.17, 15) is 4.39 Å². The van der Waals surface area contributed by atoms with Crippen LogP contribution >= 0.6 is 11.6 Å². The zero-order valence-corrected chi connectivity index (χ0v) is 14.5. The summed E-state index contributed by atoms with van der Waals surface area (Å²) in [4.78, 5) is 4.69. The van der Waals surface area contributed by atoms with E-state index in [-0.39, 0.29) is 10.6 Å². The Kier molecular flexibility index (Phi) is 3.54. The Labute approximate surface area is 158 Å². The molecule has 0 unspecified atom stereocenters. The maximum Gasteiger partial charge on any atom is 0.142 e. The van der Waals surface area contributed by atoms with Gasteiger partial charge in [-0.1, -0.05) is 23.7 Å². The second kappa shape index (κ2) is 6.07. The van der Waals surface area contributed by atoms with Crippen molar-refractivity contribution in [3.05, 3.63) is 71.3 Å². The van der Waals surface area contributed by atoms with E-state index < -0.39 is 5.82 Å². The standard InChI is InChI=1S/C19H12ClFN6/c20-12-2-1-3-13(21)17(12)19-24-15-8-10(14-6-7-22-26-14)4-5-11(15)18-16(25-19)9-23-27-18/h1-9H,(H,22,26)(H,23,27)(H,24,25). The van der Waals surface area contributed by atoms with Gasteiger partial charge in [0, 0.05) is 17.3 Å². The fraction of sp³-hybridized carbons (Fsp3) is 0. The SMILES string of the molecule is Fc1cccc(Cl)c1C1=Nc2cc(-c3ccn[nH]3)ccc2-c2[nH]ncc2N1. The summed E-state index contributed by atoms with van der Waals surface area (Å²) in [6, 6.07) is 12.2. The number of H-pyrrole nitrogens is 2. The molecule has 8 heteroatoms. The van der Waals surface area contributed by atoms with Crippen molar-refractivity contribution in [2.75, 3.05) is 5.32 Å². The maximum absolute atomic E-state index is 14.5. The molecule has 0 atom stereocenters. The van der Waals surface area contributed by atoms with E-state index in [0.29, 0.717) is 17.2 Å². The number of aromatic nitrogens is 4. The van der Waals surface area contributed by atoms with Gasteiger partial charge in [0.05, 0.1) is 39.5 Å². The highest BCUT2D eigenvalue weighted by molar-refractivity contribution is 6.35. The minimum atomic E-state index is -0.452. The lowest BCUT2D eigenvalue weighted by molar-refractivity contribution is 0.625. The second-order valence-corrected chi connectivity index (χ2v) is 6.45. The van der Waals surface area contributed by atoms with E-state index in [1.165, 1.54) is 6.07 Å². The van der Waals surface area contributed by atoms with Crippen LogP contribution in [-0.2, 0) is 0 Å². The van der Waals surface area contributed by atoms with Crippen LogP contribution in [0.5, 0.6) is 0 Å². The summed E-state index contributed by atoms with van der Waals surface area (Å²) in [6.45, 7) is 0. The van der Waals surface area contributed by atoms with E-state index in [1.807, 2.05) is 24.3 Å². The normalized spacial score (nSPS) is 12.6. The minimum absolute atomic E-state index is 0.214. The van der Waals surface area contributed by atoms with Gasteiger partial charge in [-0.15, -0.1) is 0 Å². The van der Waals surface area contributed by atoms with Crippen molar-refractivity contribution < 1.29 is 4.39 Å². The van der Waals surface area contributed by atoms with Gasteiger partial charge in [-0.3, -0.25) is 10.2 Å². The van der Waals surface area contributed by atoms with E-state index in [1.54, 1.807) is 24.5 Å². The highest BCUT2D eigenvalue weighted by atomic mass is 35.5. The number of hydrogen-bond acceptors (Lipinski definition) is 4. The first kappa shape index (κ1) is 15.8. The van der Waals surface area contributed by atoms with Crippen molar-refractivity contribution in [1.29, 1.82) is 0 Å². The maximum atomic E-state index is 14.5. The van der Waals surface area contributed by atoms with Crippen molar-refractivity contribution in [1.82, 2.24) is 20.4 Å². The van der Waals surface area contributed by atoms with Crippen LogP contribution in [-0.4, -0.2) is 26.2 Å². The molecule has 2 aromatic heterocycles. The molecule has 0 radical (unpaired) electrons. The Balaban J connectivity index is 1.75. The van der Waals surface area contributed by atoms with Crippen LogP contribution in [0.15, 0.2) is 59.9 Å². The molecule has 0 saturated heterocycles. The highest BCUT2D eigenvalue weighted by Gasteiger charge is 2.22. The number of halogens is 2. The molecule has 27 heavy (non-hydrogen) atoms. The lowest BCUT2D eigenvalue weighted by Gasteiger charge is -2.10. The molecule has 4 aromatic rings. The first-order chi connectivity index (χ1) is 13.2.